The van der Waals surface area contributed by atoms with Crippen molar-refractivity contribution < 1.29 is 4.92 Å². The number of hydrogen-bond acceptors (Lipinski definition) is 6. The maximum atomic E-state index is 10.5. The zero-order valence-electron chi connectivity index (χ0n) is 9.78. The van der Waals surface area contributed by atoms with Crippen LogP contribution in [0.4, 0.5) is 11.6 Å². The van der Waals surface area contributed by atoms with E-state index in [1.807, 2.05) is 6.92 Å². The third-order valence-corrected chi connectivity index (χ3v) is 2.43. The van der Waals surface area contributed by atoms with Crippen molar-refractivity contribution in [2.75, 3.05) is 5.32 Å². The molecule has 1 N–H and O–H groups in total. The van der Waals surface area contributed by atoms with Gasteiger partial charge in [0, 0.05) is 25.2 Å². The molecule has 1 aromatic carbocycles. The molecule has 0 aliphatic rings. The molecule has 0 radical (unpaired) electrons. The van der Waals surface area contributed by atoms with Gasteiger partial charge in [0.2, 0.25) is 5.95 Å². The van der Waals surface area contributed by atoms with E-state index in [1.54, 1.807) is 16.8 Å². The van der Waals surface area contributed by atoms with Crippen LogP contribution in [0.2, 0.25) is 0 Å². The van der Waals surface area contributed by atoms with Gasteiger partial charge in [0.25, 0.3) is 5.69 Å². The highest BCUT2D eigenvalue weighted by Crippen LogP contribution is 2.12. The van der Waals surface area contributed by atoms with Crippen LogP contribution in [-0.4, -0.2) is 25.1 Å². The van der Waals surface area contributed by atoms with Gasteiger partial charge in [-0.05, 0) is 22.9 Å². The van der Waals surface area contributed by atoms with E-state index in [4.69, 9.17) is 0 Å². The Morgan fingerprint density at radius 2 is 2.11 bits per heavy atom. The summed E-state index contributed by atoms with van der Waals surface area (Å²) in [7, 11) is 0. The van der Waals surface area contributed by atoms with Crippen LogP contribution in [0.3, 0.4) is 0 Å². The second kappa shape index (κ2) is 5.21. The lowest BCUT2D eigenvalue weighted by atomic mass is 10.2. The highest BCUT2D eigenvalue weighted by Gasteiger charge is 2.05. The minimum atomic E-state index is -0.422. The predicted molar refractivity (Wildman–Crippen MR) is 63.9 cm³/mol. The average Bonchev–Trinajstić information content (AvgIpc) is 2.84. The van der Waals surface area contributed by atoms with E-state index in [-0.39, 0.29) is 5.69 Å². The number of nitro benzene ring substituents is 1. The van der Waals surface area contributed by atoms with Crippen molar-refractivity contribution in [3.8, 4) is 0 Å². The highest BCUT2D eigenvalue weighted by molar-refractivity contribution is 5.34. The van der Waals surface area contributed by atoms with Gasteiger partial charge < -0.3 is 5.32 Å². The molecule has 0 aliphatic carbocycles. The number of aromatic nitrogens is 4. The van der Waals surface area contributed by atoms with Crippen LogP contribution in [0.25, 0.3) is 0 Å². The van der Waals surface area contributed by atoms with Gasteiger partial charge in [-0.25, -0.2) is 4.68 Å². The summed E-state index contributed by atoms with van der Waals surface area (Å²) in [5.74, 6) is 0.579. The van der Waals surface area contributed by atoms with Gasteiger partial charge in [-0.3, -0.25) is 10.1 Å². The van der Waals surface area contributed by atoms with E-state index in [0.717, 1.165) is 5.56 Å². The van der Waals surface area contributed by atoms with Crippen LogP contribution in [0.1, 0.15) is 12.5 Å². The number of benzene rings is 1. The predicted octanol–water partition coefficient (Wildman–Crippen LogP) is 1.21. The molecular formula is C10H12N6O2. The second-order valence-corrected chi connectivity index (χ2v) is 3.60. The van der Waals surface area contributed by atoms with Crippen LogP contribution in [0.15, 0.2) is 24.3 Å². The summed E-state index contributed by atoms with van der Waals surface area (Å²) < 4.78 is 1.63. The van der Waals surface area contributed by atoms with Gasteiger partial charge >= 0.3 is 0 Å². The molecule has 1 heterocycles. The SMILES string of the molecule is CCn1nnnc1NCc1ccc([N+](=O)[O-])cc1. The molecule has 0 spiro atoms. The van der Waals surface area contributed by atoms with E-state index in [0.29, 0.717) is 19.0 Å². The molecule has 8 heteroatoms. The molecule has 0 amide bonds. The van der Waals surface area contributed by atoms with E-state index < -0.39 is 4.92 Å². The summed E-state index contributed by atoms with van der Waals surface area (Å²) in [6.45, 7) is 3.13. The summed E-state index contributed by atoms with van der Waals surface area (Å²) in [5.41, 5.74) is 1.00. The number of nitro groups is 1. The Balaban J connectivity index is 2.00. The Hall–Kier alpha value is -2.51. The van der Waals surface area contributed by atoms with Gasteiger partial charge in [-0.1, -0.05) is 17.2 Å². The van der Waals surface area contributed by atoms with Gasteiger partial charge in [0.1, 0.15) is 0 Å². The fourth-order valence-corrected chi connectivity index (χ4v) is 1.46. The van der Waals surface area contributed by atoms with Crippen molar-refractivity contribution in [1.29, 1.82) is 0 Å². The topological polar surface area (TPSA) is 98.8 Å². The van der Waals surface area contributed by atoms with Crippen molar-refractivity contribution in [2.24, 2.45) is 0 Å². The largest absolute Gasteiger partial charge is 0.349 e. The number of nitrogens with one attached hydrogen (secondary N) is 1. The fraction of sp³-hybridized carbons (Fsp3) is 0.300. The number of non-ortho nitro benzene ring substituents is 1. The van der Waals surface area contributed by atoms with Gasteiger partial charge in [-0.2, -0.15) is 0 Å². The van der Waals surface area contributed by atoms with Gasteiger partial charge in [-0.15, -0.1) is 0 Å². The summed E-state index contributed by atoms with van der Waals surface area (Å²) in [6, 6.07) is 6.34. The minimum Gasteiger partial charge on any atom is -0.349 e. The first-order chi connectivity index (χ1) is 8.70. The number of aryl methyl sites for hydroxylation is 1. The normalized spacial score (nSPS) is 10.3. The molecule has 0 saturated heterocycles. The number of hydrogen-bond donors (Lipinski definition) is 1. The van der Waals surface area contributed by atoms with E-state index in [2.05, 4.69) is 20.8 Å². The molecule has 1 aromatic heterocycles. The maximum Gasteiger partial charge on any atom is 0.269 e. The van der Waals surface area contributed by atoms with E-state index in [1.165, 1.54) is 12.1 Å². The zero-order chi connectivity index (χ0) is 13.0. The molecule has 0 unspecified atom stereocenters. The molecule has 18 heavy (non-hydrogen) atoms. The molecule has 0 bridgehead atoms. The average molecular weight is 248 g/mol. The standard InChI is InChI=1S/C10H12N6O2/c1-2-15-10(12-13-14-15)11-7-8-3-5-9(6-4-8)16(17)18/h3-6H,2,7H2,1H3,(H,11,12,14). The lowest BCUT2D eigenvalue weighted by Crippen LogP contribution is -2.07. The molecular weight excluding hydrogens is 236 g/mol. The second-order valence-electron chi connectivity index (χ2n) is 3.60. The van der Waals surface area contributed by atoms with Crippen molar-refractivity contribution in [1.82, 2.24) is 20.2 Å². The van der Waals surface area contributed by atoms with Crippen LogP contribution >= 0.6 is 0 Å². The van der Waals surface area contributed by atoms with Crippen LogP contribution in [0, 0.1) is 10.1 Å². The van der Waals surface area contributed by atoms with Gasteiger partial charge in [0.05, 0.1) is 4.92 Å². The number of tetrazole rings is 1. The van der Waals surface area contributed by atoms with E-state index in [9.17, 15) is 10.1 Å². The number of rotatable bonds is 5. The molecule has 0 fully saturated rings. The molecule has 2 aromatic rings. The van der Waals surface area contributed by atoms with Gasteiger partial charge in [0.15, 0.2) is 0 Å². The molecule has 94 valence electrons. The smallest absolute Gasteiger partial charge is 0.269 e. The van der Waals surface area contributed by atoms with Crippen molar-refractivity contribution in [2.45, 2.75) is 20.0 Å². The summed E-state index contributed by atoms with van der Waals surface area (Å²) >= 11 is 0. The Kier molecular flexibility index (Phi) is 3.46. The van der Waals surface area contributed by atoms with Crippen LogP contribution in [-0.2, 0) is 13.1 Å². The third kappa shape index (κ3) is 2.59. The highest BCUT2D eigenvalue weighted by atomic mass is 16.6. The fourth-order valence-electron chi connectivity index (χ4n) is 1.46. The Labute approximate surface area is 103 Å². The minimum absolute atomic E-state index is 0.0807. The number of anilines is 1. The van der Waals surface area contributed by atoms with Crippen molar-refractivity contribution >= 4 is 11.6 Å². The molecule has 8 nitrogen and oxygen atoms in total. The van der Waals surface area contributed by atoms with E-state index >= 15 is 0 Å². The lowest BCUT2D eigenvalue weighted by Gasteiger charge is -2.05. The van der Waals surface area contributed by atoms with Crippen LogP contribution < -0.4 is 5.32 Å². The lowest BCUT2D eigenvalue weighted by molar-refractivity contribution is -0.384. The Morgan fingerprint density at radius 3 is 2.72 bits per heavy atom. The van der Waals surface area contributed by atoms with Crippen LogP contribution in [0.5, 0.6) is 0 Å². The summed E-state index contributed by atoms with van der Waals surface area (Å²) in [5, 5.41) is 24.7. The first-order valence-electron chi connectivity index (χ1n) is 5.44. The molecule has 0 atom stereocenters. The molecule has 0 aliphatic heterocycles. The van der Waals surface area contributed by atoms with Crippen molar-refractivity contribution in [3.63, 3.8) is 0 Å². The first-order valence-corrected chi connectivity index (χ1v) is 5.44. The molecule has 0 saturated carbocycles. The van der Waals surface area contributed by atoms with Crippen molar-refractivity contribution in [3.05, 3.63) is 39.9 Å². The summed E-state index contributed by atoms with van der Waals surface area (Å²) in [4.78, 5) is 10.1. The summed E-state index contributed by atoms with van der Waals surface area (Å²) in [6.07, 6.45) is 0. The zero-order valence-corrected chi connectivity index (χ0v) is 9.78. The number of nitrogens with zero attached hydrogens (tertiary/aromatic N) is 5. The quantitative estimate of drug-likeness (QED) is 0.630. The Morgan fingerprint density at radius 1 is 1.39 bits per heavy atom. The first kappa shape index (κ1) is 12.0. The Bertz CT molecular complexity index is 536. The molecule has 2 rings (SSSR count). The monoisotopic (exact) mass is 248 g/mol. The maximum absolute atomic E-state index is 10.5. The third-order valence-electron chi connectivity index (χ3n) is 2.43.